The fourth-order valence-electron chi connectivity index (χ4n) is 4.57. The first-order valence-corrected chi connectivity index (χ1v) is 8.89. The summed E-state index contributed by atoms with van der Waals surface area (Å²) in [5.74, 6) is -0.661. The summed E-state index contributed by atoms with van der Waals surface area (Å²) >= 11 is 0. The van der Waals surface area contributed by atoms with Crippen molar-refractivity contribution in [3.05, 3.63) is 34.9 Å². The van der Waals surface area contributed by atoms with Gasteiger partial charge in [0.25, 0.3) is 5.91 Å². The molecule has 28 heavy (non-hydrogen) atoms. The van der Waals surface area contributed by atoms with Crippen LogP contribution in [0.5, 0.6) is 0 Å². The van der Waals surface area contributed by atoms with E-state index in [2.05, 4.69) is 10.6 Å². The Hall–Kier alpha value is -2.78. The molecular weight excluding hydrogens is 377 g/mol. The smallest absolute Gasteiger partial charge is 0.351 e. The molecule has 0 spiro atoms. The maximum absolute atomic E-state index is 13.3. The van der Waals surface area contributed by atoms with Gasteiger partial charge in [0, 0.05) is 13.0 Å². The Morgan fingerprint density at radius 1 is 1.32 bits per heavy atom. The Kier molecular flexibility index (Phi) is 3.73. The van der Waals surface area contributed by atoms with Gasteiger partial charge in [0.2, 0.25) is 0 Å². The number of halogens is 3. The Bertz CT molecular complexity index is 899. The van der Waals surface area contributed by atoms with Crippen LogP contribution in [-0.4, -0.2) is 28.4 Å². The number of fused-ring (bicyclic) bond motifs is 1. The predicted molar refractivity (Wildman–Crippen MR) is 90.7 cm³/mol. The van der Waals surface area contributed by atoms with Crippen LogP contribution in [0.1, 0.15) is 42.9 Å². The van der Waals surface area contributed by atoms with Crippen LogP contribution in [0, 0.1) is 5.92 Å². The van der Waals surface area contributed by atoms with E-state index in [4.69, 9.17) is 5.73 Å². The van der Waals surface area contributed by atoms with Crippen molar-refractivity contribution in [1.82, 2.24) is 15.5 Å². The van der Waals surface area contributed by atoms with Gasteiger partial charge in [0.05, 0.1) is 11.1 Å². The monoisotopic (exact) mass is 396 g/mol. The minimum absolute atomic E-state index is 0.0373. The molecule has 1 saturated carbocycles. The first kappa shape index (κ1) is 18.6. The molecule has 10 heteroatoms. The summed E-state index contributed by atoms with van der Waals surface area (Å²) in [5.41, 5.74) is 2.94. The van der Waals surface area contributed by atoms with E-state index in [1.165, 1.54) is 11.0 Å². The van der Waals surface area contributed by atoms with Gasteiger partial charge in [0.1, 0.15) is 5.54 Å². The second-order valence-electron chi connectivity index (χ2n) is 7.90. The average molecular weight is 396 g/mol. The fourth-order valence-corrected chi connectivity index (χ4v) is 4.57. The van der Waals surface area contributed by atoms with Gasteiger partial charge < -0.3 is 16.0 Å². The molecule has 2 aliphatic heterocycles. The molecule has 3 aliphatic rings. The number of hydrogen-bond donors (Lipinski definition) is 3. The molecule has 1 unspecified atom stereocenters. The number of carbonyl (C=O) groups is 3. The van der Waals surface area contributed by atoms with Crippen molar-refractivity contribution in [2.24, 2.45) is 11.7 Å². The topological polar surface area (TPSA) is 105 Å². The maximum atomic E-state index is 13.3. The predicted octanol–water partition coefficient (Wildman–Crippen LogP) is 2.19. The van der Waals surface area contributed by atoms with E-state index in [1.807, 2.05) is 0 Å². The van der Waals surface area contributed by atoms with Crippen LogP contribution in [0.3, 0.4) is 0 Å². The van der Waals surface area contributed by atoms with Gasteiger partial charge in [0.15, 0.2) is 0 Å². The van der Waals surface area contributed by atoms with Crippen LogP contribution in [0.2, 0.25) is 0 Å². The van der Waals surface area contributed by atoms with Gasteiger partial charge in [-0.15, -0.1) is 0 Å². The zero-order valence-corrected chi connectivity index (χ0v) is 15.0. The highest BCUT2D eigenvalue weighted by Crippen LogP contribution is 2.51. The second kappa shape index (κ2) is 5.62. The zero-order valence-electron chi connectivity index (χ0n) is 15.0. The molecule has 4 rings (SSSR count). The van der Waals surface area contributed by atoms with Crippen molar-refractivity contribution < 1.29 is 27.6 Å². The van der Waals surface area contributed by atoms with Gasteiger partial charge in [-0.1, -0.05) is 6.07 Å². The van der Waals surface area contributed by atoms with Gasteiger partial charge in [-0.25, -0.2) is 9.59 Å². The summed E-state index contributed by atoms with van der Waals surface area (Å²) < 4.78 is 39.8. The van der Waals surface area contributed by atoms with Gasteiger partial charge in [-0.3, -0.25) is 10.1 Å². The standard InChI is InChI=1S/C18H19F3N4O3/c1-16(8-17(10-4-5-10)13(26)23-15(28)24-17)12-6-11(18(19,20)21)3-2-9(12)7-25(16)14(22)27/h2-3,6,10H,4-5,7-8H2,1H3,(H2,22,27)(H2,23,24,26,28)/t16?,17-/m1/s1. The van der Waals surface area contributed by atoms with Crippen molar-refractivity contribution in [2.75, 3.05) is 0 Å². The third-order valence-corrected chi connectivity index (χ3v) is 6.07. The number of alkyl halides is 3. The molecule has 1 aliphatic carbocycles. The number of imide groups is 1. The summed E-state index contributed by atoms with van der Waals surface area (Å²) in [7, 11) is 0. The normalized spacial score (nSPS) is 29.5. The lowest BCUT2D eigenvalue weighted by molar-refractivity contribution is -0.137. The fraction of sp³-hybridized carbons (Fsp3) is 0.500. The third kappa shape index (κ3) is 2.61. The number of nitrogens with zero attached hydrogens (tertiary/aromatic N) is 1. The lowest BCUT2D eigenvalue weighted by Gasteiger charge is -2.41. The summed E-state index contributed by atoms with van der Waals surface area (Å²) in [6.45, 7) is 1.63. The van der Waals surface area contributed by atoms with E-state index in [1.54, 1.807) is 6.92 Å². The summed E-state index contributed by atoms with van der Waals surface area (Å²) in [6.07, 6.45) is -3.20. The third-order valence-electron chi connectivity index (χ3n) is 6.07. The molecule has 0 bridgehead atoms. The summed E-state index contributed by atoms with van der Waals surface area (Å²) in [4.78, 5) is 37.8. The molecule has 4 N–H and O–H groups in total. The molecule has 1 saturated heterocycles. The molecule has 7 nitrogen and oxygen atoms in total. The molecule has 150 valence electrons. The number of nitrogens with one attached hydrogen (secondary N) is 2. The number of urea groups is 2. The number of carbonyl (C=O) groups excluding carboxylic acids is 3. The average Bonchev–Trinajstić information content (AvgIpc) is 3.34. The Labute approximate surface area is 158 Å². The SMILES string of the molecule is CC1(C[C@]2(C3CC3)NC(=O)NC2=O)c2cc(C(F)(F)F)ccc2CN1C(N)=O. The second-order valence-corrected chi connectivity index (χ2v) is 7.90. The summed E-state index contributed by atoms with van der Waals surface area (Å²) in [5, 5.41) is 4.89. The van der Waals surface area contributed by atoms with Crippen molar-refractivity contribution in [3.8, 4) is 0 Å². The van der Waals surface area contributed by atoms with E-state index in [9.17, 15) is 27.6 Å². The largest absolute Gasteiger partial charge is 0.416 e. The van der Waals surface area contributed by atoms with E-state index >= 15 is 0 Å². The lowest BCUT2D eigenvalue weighted by atomic mass is 9.76. The van der Waals surface area contributed by atoms with Crippen LogP contribution in [-0.2, 0) is 23.1 Å². The van der Waals surface area contributed by atoms with Gasteiger partial charge in [-0.05, 0) is 48.9 Å². The molecule has 2 atom stereocenters. The number of amides is 5. The molecule has 2 fully saturated rings. The lowest BCUT2D eigenvalue weighted by Crippen LogP contribution is -2.57. The first-order chi connectivity index (χ1) is 13.0. The molecule has 1 aromatic rings. The van der Waals surface area contributed by atoms with Crippen LogP contribution in [0.15, 0.2) is 18.2 Å². The van der Waals surface area contributed by atoms with Crippen LogP contribution in [0.4, 0.5) is 22.8 Å². The molecule has 1 aromatic carbocycles. The molecule has 2 heterocycles. The van der Waals surface area contributed by atoms with Crippen molar-refractivity contribution in [3.63, 3.8) is 0 Å². The number of hydrogen-bond acceptors (Lipinski definition) is 3. The van der Waals surface area contributed by atoms with Crippen molar-refractivity contribution in [1.29, 1.82) is 0 Å². The van der Waals surface area contributed by atoms with E-state index in [-0.39, 0.29) is 24.4 Å². The van der Waals surface area contributed by atoms with Gasteiger partial charge >= 0.3 is 18.2 Å². The maximum Gasteiger partial charge on any atom is 0.416 e. The first-order valence-electron chi connectivity index (χ1n) is 8.89. The van der Waals surface area contributed by atoms with Crippen molar-refractivity contribution in [2.45, 2.75) is 50.0 Å². The number of nitrogens with two attached hydrogens (primary N) is 1. The highest BCUT2D eigenvalue weighted by Gasteiger charge is 2.61. The number of rotatable bonds is 3. The molecule has 5 amide bonds. The van der Waals surface area contributed by atoms with Gasteiger partial charge in [-0.2, -0.15) is 13.2 Å². The Morgan fingerprint density at radius 2 is 2.00 bits per heavy atom. The number of primary amides is 1. The van der Waals surface area contributed by atoms with E-state index in [0.717, 1.165) is 12.1 Å². The quantitative estimate of drug-likeness (QED) is 0.682. The van der Waals surface area contributed by atoms with Crippen LogP contribution in [0.25, 0.3) is 0 Å². The molecular formula is C18H19F3N4O3. The van der Waals surface area contributed by atoms with Crippen LogP contribution >= 0.6 is 0 Å². The van der Waals surface area contributed by atoms with E-state index < -0.39 is 40.8 Å². The minimum atomic E-state index is -4.55. The van der Waals surface area contributed by atoms with E-state index in [0.29, 0.717) is 18.4 Å². The highest BCUT2D eigenvalue weighted by molar-refractivity contribution is 6.07. The molecule has 0 radical (unpaired) electrons. The Morgan fingerprint density at radius 3 is 2.50 bits per heavy atom. The zero-order chi connectivity index (χ0) is 20.5. The van der Waals surface area contributed by atoms with Crippen LogP contribution < -0.4 is 16.4 Å². The minimum Gasteiger partial charge on any atom is -0.351 e. The highest BCUT2D eigenvalue weighted by atomic mass is 19.4. The summed E-state index contributed by atoms with van der Waals surface area (Å²) in [6, 6.07) is 1.85. The number of benzene rings is 1. The Balaban J connectivity index is 1.83. The molecule has 0 aromatic heterocycles. The van der Waals surface area contributed by atoms with Crippen molar-refractivity contribution >= 4 is 18.0 Å².